The van der Waals surface area contributed by atoms with E-state index in [0.717, 1.165) is 23.1 Å². The zero-order chi connectivity index (χ0) is 19.2. The van der Waals surface area contributed by atoms with Crippen molar-refractivity contribution < 1.29 is 13.2 Å². The van der Waals surface area contributed by atoms with Crippen LogP contribution in [0.1, 0.15) is 29.7 Å². The van der Waals surface area contributed by atoms with Crippen molar-refractivity contribution in [3.05, 3.63) is 47.3 Å². The predicted octanol–water partition coefficient (Wildman–Crippen LogP) is 1.36. The molecule has 1 saturated heterocycles. The Kier molecular flexibility index (Phi) is 4.27. The second kappa shape index (κ2) is 6.38. The van der Waals surface area contributed by atoms with Gasteiger partial charge in [-0.25, -0.2) is 18.4 Å². The Morgan fingerprint density at radius 3 is 2.44 bits per heavy atom. The molecule has 2 aliphatic rings. The van der Waals surface area contributed by atoms with Gasteiger partial charge in [0.2, 0.25) is 20.9 Å². The average Bonchev–Trinajstić information content (AvgIpc) is 2.65. The Balaban J connectivity index is 1.87. The summed E-state index contributed by atoms with van der Waals surface area (Å²) in [5, 5.41) is 3.07. The fourth-order valence-electron chi connectivity index (χ4n) is 3.94. The number of sulfone groups is 1. The number of carbonyl (C=O) groups excluding carboxylic acids is 1. The molecule has 1 N–H and O–H groups in total. The lowest BCUT2D eigenvalue weighted by Crippen LogP contribution is -2.56. The van der Waals surface area contributed by atoms with E-state index in [4.69, 9.17) is 0 Å². The highest BCUT2D eigenvalue weighted by Gasteiger charge is 2.50. The van der Waals surface area contributed by atoms with Crippen molar-refractivity contribution >= 4 is 21.4 Å². The van der Waals surface area contributed by atoms with E-state index in [-0.39, 0.29) is 11.1 Å². The third kappa shape index (κ3) is 3.02. The molecule has 0 bridgehead atoms. The van der Waals surface area contributed by atoms with Crippen molar-refractivity contribution in [3.63, 3.8) is 0 Å². The van der Waals surface area contributed by atoms with Crippen LogP contribution in [0.4, 0.5) is 5.69 Å². The SMILES string of the molecule is Cc1ccc(N2Cc3cnc(S(C)(=O)=O)nc3C3(CCNCC3)C2=O)cc1. The highest BCUT2D eigenvalue weighted by Crippen LogP contribution is 2.42. The fraction of sp³-hybridized carbons (Fsp3) is 0.421. The normalized spacial score (nSPS) is 19.2. The van der Waals surface area contributed by atoms with Crippen LogP contribution < -0.4 is 10.2 Å². The average molecular weight is 386 g/mol. The van der Waals surface area contributed by atoms with Gasteiger partial charge >= 0.3 is 0 Å². The Hall–Kier alpha value is -2.32. The van der Waals surface area contributed by atoms with Crippen LogP contribution in [0.3, 0.4) is 0 Å². The molecule has 0 saturated carbocycles. The number of piperidine rings is 1. The summed E-state index contributed by atoms with van der Waals surface area (Å²) in [7, 11) is -3.54. The zero-order valence-electron chi connectivity index (χ0n) is 15.4. The number of anilines is 1. The Morgan fingerprint density at radius 1 is 1.15 bits per heavy atom. The second-order valence-electron chi connectivity index (χ2n) is 7.36. The zero-order valence-corrected chi connectivity index (χ0v) is 16.2. The molecule has 0 aliphatic carbocycles. The number of amides is 1. The van der Waals surface area contributed by atoms with Gasteiger partial charge in [0.25, 0.3) is 0 Å². The number of nitrogens with zero attached hydrogens (tertiary/aromatic N) is 3. The minimum Gasteiger partial charge on any atom is -0.317 e. The number of nitrogens with one attached hydrogen (secondary N) is 1. The summed E-state index contributed by atoms with van der Waals surface area (Å²) >= 11 is 0. The fourth-order valence-corrected chi connectivity index (χ4v) is 4.44. The summed E-state index contributed by atoms with van der Waals surface area (Å²) in [4.78, 5) is 23.8. The molecule has 1 aromatic carbocycles. The van der Waals surface area contributed by atoms with E-state index in [1.807, 2.05) is 31.2 Å². The van der Waals surface area contributed by atoms with Gasteiger partial charge in [0.05, 0.1) is 17.7 Å². The maximum Gasteiger partial charge on any atom is 0.247 e. The molecule has 1 amide bonds. The van der Waals surface area contributed by atoms with Crippen LogP contribution in [0.5, 0.6) is 0 Å². The Labute approximate surface area is 158 Å². The van der Waals surface area contributed by atoms with Crippen molar-refractivity contribution in [1.29, 1.82) is 0 Å². The monoisotopic (exact) mass is 386 g/mol. The van der Waals surface area contributed by atoms with E-state index < -0.39 is 15.3 Å². The summed E-state index contributed by atoms with van der Waals surface area (Å²) in [6.07, 6.45) is 3.83. The van der Waals surface area contributed by atoms with Crippen LogP contribution in [0.25, 0.3) is 0 Å². The van der Waals surface area contributed by atoms with Crippen molar-refractivity contribution in [3.8, 4) is 0 Å². The molecule has 1 aromatic heterocycles. The first-order chi connectivity index (χ1) is 12.8. The number of carbonyl (C=O) groups is 1. The quantitative estimate of drug-likeness (QED) is 0.784. The van der Waals surface area contributed by atoms with Crippen molar-refractivity contribution in [2.75, 3.05) is 24.2 Å². The summed E-state index contributed by atoms with van der Waals surface area (Å²) in [6, 6.07) is 7.85. The van der Waals surface area contributed by atoms with Gasteiger partial charge in [-0.1, -0.05) is 17.7 Å². The predicted molar refractivity (Wildman–Crippen MR) is 101 cm³/mol. The molecule has 7 nitrogen and oxygen atoms in total. The van der Waals surface area contributed by atoms with E-state index >= 15 is 0 Å². The standard InChI is InChI=1S/C19H22N4O3S/c1-13-3-5-15(6-4-13)23-12-14-11-21-18(27(2,25)26)22-16(14)19(17(23)24)7-9-20-10-8-19/h3-6,11,20H,7-10,12H2,1-2H3. The number of benzene rings is 1. The van der Waals surface area contributed by atoms with Gasteiger partial charge in [-0.05, 0) is 45.0 Å². The van der Waals surface area contributed by atoms with E-state index in [9.17, 15) is 13.2 Å². The molecule has 1 fully saturated rings. The lowest BCUT2D eigenvalue weighted by molar-refractivity contribution is -0.126. The van der Waals surface area contributed by atoms with Crippen LogP contribution in [0, 0.1) is 6.92 Å². The molecular weight excluding hydrogens is 364 g/mol. The van der Waals surface area contributed by atoms with E-state index in [2.05, 4.69) is 15.3 Å². The lowest BCUT2D eigenvalue weighted by Gasteiger charge is -2.44. The van der Waals surface area contributed by atoms with Crippen LogP contribution in [-0.4, -0.2) is 43.6 Å². The van der Waals surface area contributed by atoms with E-state index in [0.29, 0.717) is 38.2 Å². The maximum atomic E-state index is 13.6. The number of rotatable bonds is 2. The highest BCUT2D eigenvalue weighted by molar-refractivity contribution is 7.90. The Morgan fingerprint density at radius 2 is 1.81 bits per heavy atom. The lowest BCUT2D eigenvalue weighted by atomic mass is 9.71. The molecule has 0 unspecified atom stereocenters. The molecule has 0 atom stereocenters. The summed E-state index contributed by atoms with van der Waals surface area (Å²) in [5.41, 5.74) is 2.53. The molecule has 0 radical (unpaired) electrons. The molecule has 142 valence electrons. The maximum absolute atomic E-state index is 13.6. The van der Waals surface area contributed by atoms with Gasteiger partial charge < -0.3 is 10.2 Å². The van der Waals surface area contributed by atoms with Crippen LogP contribution >= 0.6 is 0 Å². The Bertz CT molecular complexity index is 996. The third-order valence-electron chi connectivity index (χ3n) is 5.41. The molecule has 8 heteroatoms. The molecular formula is C19H22N4O3S. The molecule has 1 spiro atoms. The number of aryl methyl sites for hydroxylation is 1. The molecule has 2 aliphatic heterocycles. The van der Waals surface area contributed by atoms with Gasteiger partial charge in [0.15, 0.2) is 0 Å². The summed E-state index contributed by atoms with van der Waals surface area (Å²) in [5.74, 6) is -0.0153. The molecule has 4 rings (SSSR count). The molecule has 2 aromatic rings. The number of fused-ring (bicyclic) bond motifs is 2. The van der Waals surface area contributed by atoms with E-state index in [1.54, 1.807) is 11.1 Å². The first kappa shape index (κ1) is 18.1. The third-order valence-corrected chi connectivity index (χ3v) is 6.27. The van der Waals surface area contributed by atoms with Gasteiger partial charge in [-0.2, -0.15) is 0 Å². The minimum atomic E-state index is -3.54. The first-order valence-electron chi connectivity index (χ1n) is 8.97. The smallest absolute Gasteiger partial charge is 0.247 e. The molecule has 27 heavy (non-hydrogen) atoms. The number of hydrogen-bond donors (Lipinski definition) is 1. The van der Waals surface area contributed by atoms with E-state index in [1.165, 1.54) is 0 Å². The number of aromatic nitrogens is 2. The van der Waals surface area contributed by atoms with Crippen molar-refractivity contribution in [2.24, 2.45) is 0 Å². The van der Waals surface area contributed by atoms with Crippen molar-refractivity contribution in [2.45, 2.75) is 36.9 Å². The number of hydrogen-bond acceptors (Lipinski definition) is 6. The highest BCUT2D eigenvalue weighted by atomic mass is 32.2. The van der Waals surface area contributed by atoms with Gasteiger partial charge in [-0.15, -0.1) is 0 Å². The van der Waals surface area contributed by atoms with Crippen LogP contribution in [-0.2, 0) is 26.6 Å². The van der Waals surface area contributed by atoms with Crippen molar-refractivity contribution in [1.82, 2.24) is 15.3 Å². The summed E-state index contributed by atoms with van der Waals surface area (Å²) in [6.45, 7) is 3.72. The summed E-state index contributed by atoms with van der Waals surface area (Å²) < 4.78 is 23.9. The minimum absolute atomic E-state index is 0.0153. The van der Waals surface area contributed by atoms with Gasteiger partial charge in [0.1, 0.15) is 0 Å². The molecule has 3 heterocycles. The second-order valence-corrected chi connectivity index (χ2v) is 9.27. The van der Waals surface area contributed by atoms with Crippen LogP contribution in [0.15, 0.2) is 35.6 Å². The topological polar surface area (TPSA) is 92.3 Å². The largest absolute Gasteiger partial charge is 0.317 e. The first-order valence-corrected chi connectivity index (χ1v) is 10.9. The van der Waals surface area contributed by atoms with Gasteiger partial charge in [0, 0.05) is 23.7 Å². The van der Waals surface area contributed by atoms with Crippen LogP contribution in [0.2, 0.25) is 0 Å². The van der Waals surface area contributed by atoms with Gasteiger partial charge in [-0.3, -0.25) is 4.79 Å².